The topological polar surface area (TPSA) is 88.1 Å². The second kappa shape index (κ2) is 10.8. The lowest BCUT2D eigenvalue weighted by Crippen LogP contribution is -2.53. The zero-order valence-electron chi connectivity index (χ0n) is 17.0. The Morgan fingerprint density at radius 2 is 0.938 bits per heavy atom. The summed E-state index contributed by atoms with van der Waals surface area (Å²) in [7, 11) is -4.67. The lowest BCUT2D eigenvalue weighted by molar-refractivity contribution is -0.00486. The van der Waals surface area contributed by atoms with Crippen molar-refractivity contribution in [3.63, 3.8) is 0 Å². The van der Waals surface area contributed by atoms with Crippen LogP contribution in [-0.2, 0) is 17.7 Å². The molecule has 3 rings (SSSR count). The maximum atomic E-state index is 12.8. The largest absolute Gasteiger partial charge is 0.900 e. The van der Waals surface area contributed by atoms with Crippen LogP contribution in [0.2, 0.25) is 0 Å². The fourth-order valence-corrected chi connectivity index (χ4v) is 4.21. The first-order valence-electron chi connectivity index (χ1n) is 9.63. The van der Waals surface area contributed by atoms with Gasteiger partial charge in [-0.2, -0.15) is 0 Å². The van der Waals surface area contributed by atoms with Gasteiger partial charge in [-0.15, -0.1) is 6.58 Å². The predicted octanol–water partition coefficient (Wildman–Crippen LogP) is 4.20. The minimum atomic E-state index is -4.67. The molecule has 0 aliphatic heterocycles. The van der Waals surface area contributed by atoms with E-state index in [0.29, 0.717) is 0 Å². The Morgan fingerprint density at radius 1 is 0.625 bits per heavy atom. The molecule has 0 unspecified atom stereocenters. The van der Waals surface area contributed by atoms with Crippen molar-refractivity contribution in [2.45, 2.75) is 0 Å². The smallest absolute Gasteiger partial charge is 0.429 e. The fourth-order valence-electron chi connectivity index (χ4n) is 2.55. The monoisotopic (exact) mass is 448 g/mol. The first-order valence-corrected chi connectivity index (χ1v) is 11.3. The van der Waals surface area contributed by atoms with Gasteiger partial charge in [-0.1, -0.05) is 60.7 Å². The number of carbonyl (C=O) groups is 3. The van der Waals surface area contributed by atoms with Crippen molar-refractivity contribution in [3.05, 3.63) is 120 Å². The van der Waals surface area contributed by atoms with Crippen LogP contribution in [0.25, 0.3) is 0 Å². The molecular formula is C24H20O7Si. The molecule has 162 valence electrons. The van der Waals surface area contributed by atoms with Crippen LogP contribution in [0.5, 0.6) is 0 Å². The summed E-state index contributed by atoms with van der Waals surface area (Å²) in [6, 6.07) is 24.0. The molecule has 0 fully saturated rings. The molecule has 0 spiro atoms. The van der Waals surface area contributed by atoms with E-state index in [2.05, 4.69) is 6.58 Å². The summed E-state index contributed by atoms with van der Waals surface area (Å²) in [4.78, 5) is 38.4. The Labute approximate surface area is 186 Å². The van der Waals surface area contributed by atoms with Gasteiger partial charge in [0.05, 0.1) is 23.3 Å². The summed E-state index contributed by atoms with van der Waals surface area (Å²) < 4.78 is 21.9. The highest BCUT2D eigenvalue weighted by atomic mass is 28.4. The zero-order chi connectivity index (χ0) is 22.8. The fraction of sp³-hybridized carbons (Fsp3) is 0.0417. The molecular weight excluding hydrogens is 428 g/mol. The maximum Gasteiger partial charge on any atom is 0.900 e. The summed E-state index contributed by atoms with van der Waals surface area (Å²) in [5, 5.41) is 0. The van der Waals surface area contributed by atoms with Gasteiger partial charge in [-0.25, -0.2) is 14.4 Å². The SMILES string of the molecule is C=CCO[Si](OC(=O)c1ccccc1)(OC(=O)c1ccccc1)OC(=O)c1ccccc1. The summed E-state index contributed by atoms with van der Waals surface area (Å²) >= 11 is 0. The van der Waals surface area contributed by atoms with Gasteiger partial charge in [-0.3, -0.25) is 0 Å². The van der Waals surface area contributed by atoms with Crippen LogP contribution < -0.4 is 0 Å². The second-order valence-corrected chi connectivity index (χ2v) is 8.27. The van der Waals surface area contributed by atoms with Crippen LogP contribution in [0.15, 0.2) is 104 Å². The van der Waals surface area contributed by atoms with Crippen molar-refractivity contribution in [1.82, 2.24) is 0 Å². The lowest BCUT2D eigenvalue weighted by atomic mass is 10.2. The van der Waals surface area contributed by atoms with E-state index in [1.807, 2.05) is 0 Å². The van der Waals surface area contributed by atoms with Gasteiger partial charge in [0.1, 0.15) is 0 Å². The molecule has 0 aliphatic rings. The van der Waals surface area contributed by atoms with E-state index in [1.54, 1.807) is 54.6 Å². The first-order chi connectivity index (χ1) is 15.5. The number of rotatable bonds is 9. The van der Waals surface area contributed by atoms with E-state index in [9.17, 15) is 14.4 Å². The van der Waals surface area contributed by atoms with Gasteiger partial charge in [-0.05, 0) is 36.4 Å². The van der Waals surface area contributed by atoms with E-state index in [1.165, 1.54) is 42.5 Å². The molecule has 0 radical (unpaired) electrons. The van der Waals surface area contributed by atoms with E-state index in [-0.39, 0.29) is 23.3 Å². The molecule has 0 atom stereocenters. The van der Waals surface area contributed by atoms with E-state index < -0.39 is 27.0 Å². The van der Waals surface area contributed by atoms with Crippen molar-refractivity contribution in [3.8, 4) is 0 Å². The van der Waals surface area contributed by atoms with Gasteiger partial charge in [0.25, 0.3) is 0 Å². The van der Waals surface area contributed by atoms with Crippen molar-refractivity contribution in [1.29, 1.82) is 0 Å². The molecule has 0 N–H and O–H groups in total. The van der Waals surface area contributed by atoms with E-state index in [0.717, 1.165) is 0 Å². The molecule has 0 aromatic heterocycles. The van der Waals surface area contributed by atoms with Crippen LogP contribution in [0, 0.1) is 0 Å². The van der Waals surface area contributed by atoms with Crippen molar-refractivity contribution in [2.75, 3.05) is 6.61 Å². The maximum absolute atomic E-state index is 12.8. The van der Waals surface area contributed by atoms with Crippen LogP contribution in [0.4, 0.5) is 0 Å². The molecule has 3 aromatic carbocycles. The highest BCUT2D eigenvalue weighted by Gasteiger charge is 2.59. The average molecular weight is 449 g/mol. The molecule has 0 heterocycles. The lowest BCUT2D eigenvalue weighted by Gasteiger charge is -2.25. The molecule has 3 aromatic rings. The third-order valence-corrected chi connectivity index (χ3v) is 5.89. The van der Waals surface area contributed by atoms with E-state index >= 15 is 0 Å². The van der Waals surface area contributed by atoms with Crippen LogP contribution in [0.3, 0.4) is 0 Å². The van der Waals surface area contributed by atoms with Gasteiger partial charge >= 0.3 is 27.0 Å². The Morgan fingerprint density at radius 3 is 1.22 bits per heavy atom. The average Bonchev–Trinajstić information content (AvgIpc) is 2.84. The molecule has 0 saturated heterocycles. The Hall–Kier alpha value is -4.01. The van der Waals surface area contributed by atoms with Gasteiger partial charge in [0.15, 0.2) is 0 Å². The first kappa shape index (κ1) is 22.7. The summed E-state index contributed by atoms with van der Waals surface area (Å²) in [5.41, 5.74) is 0.495. The van der Waals surface area contributed by atoms with E-state index in [4.69, 9.17) is 17.7 Å². The standard InChI is InChI=1S/C24H20O7Si/c1-2-18-28-32(29-22(25)19-12-6-3-7-13-19,30-23(26)20-14-8-4-9-15-20)31-24(27)21-16-10-5-11-17-21/h2-17H,1,18H2. The van der Waals surface area contributed by atoms with Gasteiger partial charge in [0.2, 0.25) is 0 Å². The zero-order valence-corrected chi connectivity index (χ0v) is 18.0. The minimum absolute atomic E-state index is 0.165. The van der Waals surface area contributed by atoms with Crippen molar-refractivity contribution >= 4 is 27.0 Å². The molecule has 0 bridgehead atoms. The molecule has 32 heavy (non-hydrogen) atoms. The Bertz CT molecular complexity index is 939. The van der Waals surface area contributed by atoms with Crippen molar-refractivity contribution < 1.29 is 32.1 Å². The summed E-state index contributed by atoms with van der Waals surface area (Å²) in [6.45, 7) is 3.36. The summed E-state index contributed by atoms with van der Waals surface area (Å²) in [6.07, 6.45) is 1.35. The quantitative estimate of drug-likeness (QED) is 0.358. The normalized spacial score (nSPS) is 10.6. The number of benzene rings is 3. The van der Waals surface area contributed by atoms with Gasteiger partial charge < -0.3 is 17.7 Å². The molecule has 8 heteroatoms. The Balaban J connectivity index is 1.96. The summed E-state index contributed by atoms with van der Waals surface area (Å²) in [5.74, 6) is -2.62. The molecule has 0 aliphatic carbocycles. The predicted molar refractivity (Wildman–Crippen MR) is 117 cm³/mol. The molecule has 0 saturated carbocycles. The van der Waals surface area contributed by atoms with Crippen LogP contribution >= 0.6 is 0 Å². The highest BCUT2D eigenvalue weighted by molar-refractivity contribution is 6.60. The minimum Gasteiger partial charge on any atom is -0.429 e. The van der Waals surface area contributed by atoms with Crippen molar-refractivity contribution in [2.24, 2.45) is 0 Å². The van der Waals surface area contributed by atoms with Crippen LogP contribution in [0.1, 0.15) is 31.1 Å². The third kappa shape index (κ3) is 6.00. The Kier molecular flexibility index (Phi) is 7.68. The number of hydrogen-bond donors (Lipinski definition) is 0. The highest BCUT2D eigenvalue weighted by Crippen LogP contribution is 2.20. The number of hydrogen-bond acceptors (Lipinski definition) is 7. The second-order valence-electron chi connectivity index (χ2n) is 6.37. The molecule has 0 amide bonds. The number of carbonyl (C=O) groups excluding carboxylic acids is 3. The third-order valence-electron chi connectivity index (χ3n) is 4.06. The molecule has 7 nitrogen and oxygen atoms in total. The van der Waals surface area contributed by atoms with Gasteiger partial charge in [0, 0.05) is 0 Å². The van der Waals surface area contributed by atoms with Crippen LogP contribution in [-0.4, -0.2) is 33.6 Å².